The molecular weight excluding hydrogens is 275 g/mol. The summed E-state index contributed by atoms with van der Waals surface area (Å²) in [5.74, 6) is 0.946. The molecule has 0 radical (unpaired) electrons. The number of ether oxygens (including phenoxy) is 1. The zero-order valence-corrected chi connectivity index (χ0v) is 10.0. The van der Waals surface area contributed by atoms with E-state index in [2.05, 4.69) is 35.2 Å². The molecule has 0 aliphatic rings. The van der Waals surface area contributed by atoms with E-state index in [0.717, 1.165) is 14.9 Å². The van der Waals surface area contributed by atoms with Gasteiger partial charge in [0, 0.05) is 0 Å². The van der Waals surface area contributed by atoms with Crippen LogP contribution in [0.5, 0.6) is 5.75 Å². The first kappa shape index (κ1) is 10.6. The second kappa shape index (κ2) is 4.65. The average molecular weight is 288 g/mol. The number of halogens is 1. The fourth-order valence-electron chi connectivity index (χ4n) is 0.994. The lowest BCUT2D eigenvalue weighted by molar-refractivity contribution is 0.240. The van der Waals surface area contributed by atoms with Gasteiger partial charge in [-0.05, 0) is 54.1 Å². The molecule has 0 fully saturated rings. The molecule has 0 unspecified atom stereocenters. The molecule has 1 rings (SSSR count). The first-order valence-corrected chi connectivity index (χ1v) is 5.30. The van der Waals surface area contributed by atoms with Gasteiger partial charge in [0.15, 0.2) is 0 Å². The molecule has 1 nitrogen and oxygen atoms in total. The second-order valence-corrected chi connectivity index (χ2v) is 4.22. The van der Waals surface area contributed by atoms with E-state index in [4.69, 9.17) is 4.74 Å². The molecule has 2 heteroatoms. The molecule has 1 aromatic carbocycles. The van der Waals surface area contributed by atoms with Crippen LogP contribution in [0, 0.1) is 3.57 Å². The second-order valence-electron chi connectivity index (χ2n) is 3.06. The number of benzene rings is 1. The van der Waals surface area contributed by atoms with Gasteiger partial charge >= 0.3 is 0 Å². The summed E-state index contributed by atoms with van der Waals surface area (Å²) in [6.07, 6.45) is 2.06. The molecule has 70 valence electrons. The normalized spacial score (nSPS) is 10.2. The standard InChI is InChI=1S/C11H13IO/c1-4-9-5-6-11(10(12)7-9)13-8(2)3/h4-8H,1H2,2-3H3. The smallest absolute Gasteiger partial charge is 0.133 e. The van der Waals surface area contributed by atoms with Crippen molar-refractivity contribution in [3.05, 3.63) is 33.9 Å². The molecule has 0 bridgehead atoms. The molecule has 0 N–H and O–H groups in total. The van der Waals surface area contributed by atoms with Crippen molar-refractivity contribution in [2.75, 3.05) is 0 Å². The highest BCUT2D eigenvalue weighted by Gasteiger charge is 2.02. The maximum atomic E-state index is 5.60. The highest BCUT2D eigenvalue weighted by molar-refractivity contribution is 14.1. The van der Waals surface area contributed by atoms with Gasteiger partial charge in [0.2, 0.25) is 0 Å². The first-order chi connectivity index (χ1) is 6.13. The molecule has 0 aliphatic heterocycles. The van der Waals surface area contributed by atoms with Gasteiger partial charge in [-0.15, -0.1) is 0 Å². The molecule has 0 aliphatic carbocycles. The van der Waals surface area contributed by atoms with Gasteiger partial charge in [0.05, 0.1) is 9.67 Å². The summed E-state index contributed by atoms with van der Waals surface area (Å²) in [7, 11) is 0. The largest absolute Gasteiger partial charge is 0.490 e. The Kier molecular flexibility index (Phi) is 3.78. The Morgan fingerprint density at radius 3 is 2.62 bits per heavy atom. The summed E-state index contributed by atoms with van der Waals surface area (Å²) in [4.78, 5) is 0. The van der Waals surface area contributed by atoms with Crippen molar-refractivity contribution in [2.45, 2.75) is 20.0 Å². The maximum absolute atomic E-state index is 5.60. The Bertz CT molecular complexity index is 305. The molecule has 13 heavy (non-hydrogen) atoms. The molecule has 0 atom stereocenters. The van der Waals surface area contributed by atoms with E-state index >= 15 is 0 Å². The Balaban J connectivity index is 2.91. The molecule has 0 amide bonds. The van der Waals surface area contributed by atoms with Crippen LogP contribution < -0.4 is 4.74 Å². The summed E-state index contributed by atoms with van der Waals surface area (Å²) in [5, 5.41) is 0. The van der Waals surface area contributed by atoms with Crippen LogP contribution in [0.4, 0.5) is 0 Å². The third-order valence-corrected chi connectivity index (χ3v) is 2.40. The Morgan fingerprint density at radius 1 is 1.46 bits per heavy atom. The van der Waals surface area contributed by atoms with E-state index in [1.165, 1.54) is 0 Å². The lowest BCUT2D eigenvalue weighted by Crippen LogP contribution is -2.06. The topological polar surface area (TPSA) is 9.23 Å². The molecule has 0 saturated heterocycles. The molecule has 0 spiro atoms. The molecule has 0 saturated carbocycles. The van der Waals surface area contributed by atoms with Gasteiger partial charge < -0.3 is 4.74 Å². The number of rotatable bonds is 3. The predicted octanol–water partition coefficient (Wildman–Crippen LogP) is 3.72. The fourth-order valence-corrected chi connectivity index (χ4v) is 1.66. The summed E-state index contributed by atoms with van der Waals surface area (Å²) in [6.45, 7) is 7.77. The van der Waals surface area contributed by atoms with Crippen molar-refractivity contribution in [1.29, 1.82) is 0 Å². The van der Waals surface area contributed by atoms with Crippen LogP contribution in [0.25, 0.3) is 6.08 Å². The van der Waals surface area contributed by atoms with Gasteiger partial charge in [-0.1, -0.05) is 18.7 Å². The van der Waals surface area contributed by atoms with E-state index < -0.39 is 0 Å². The van der Waals surface area contributed by atoms with Gasteiger partial charge in [-0.3, -0.25) is 0 Å². The van der Waals surface area contributed by atoms with Crippen LogP contribution in [0.1, 0.15) is 19.4 Å². The Hall–Kier alpha value is -0.510. The van der Waals surface area contributed by atoms with Crippen molar-refractivity contribution >= 4 is 28.7 Å². The maximum Gasteiger partial charge on any atom is 0.133 e. The highest BCUT2D eigenvalue weighted by atomic mass is 127. The quantitative estimate of drug-likeness (QED) is 0.770. The minimum Gasteiger partial charge on any atom is -0.490 e. The highest BCUT2D eigenvalue weighted by Crippen LogP contribution is 2.23. The summed E-state index contributed by atoms with van der Waals surface area (Å²) < 4.78 is 6.73. The average Bonchev–Trinajstić information content (AvgIpc) is 2.08. The zero-order valence-electron chi connectivity index (χ0n) is 7.88. The van der Waals surface area contributed by atoms with Gasteiger partial charge in [0.1, 0.15) is 5.75 Å². The summed E-state index contributed by atoms with van der Waals surface area (Å²) in [5.41, 5.74) is 1.13. The lowest BCUT2D eigenvalue weighted by atomic mass is 10.2. The Morgan fingerprint density at radius 2 is 2.15 bits per heavy atom. The van der Waals surface area contributed by atoms with Crippen LogP contribution in [-0.4, -0.2) is 6.10 Å². The first-order valence-electron chi connectivity index (χ1n) is 4.22. The van der Waals surface area contributed by atoms with E-state index in [1.807, 2.05) is 32.1 Å². The van der Waals surface area contributed by atoms with Gasteiger partial charge in [0.25, 0.3) is 0 Å². The van der Waals surface area contributed by atoms with Crippen molar-refractivity contribution in [1.82, 2.24) is 0 Å². The molecular formula is C11H13IO. The minimum absolute atomic E-state index is 0.225. The van der Waals surface area contributed by atoms with Crippen molar-refractivity contribution < 1.29 is 4.74 Å². The summed E-state index contributed by atoms with van der Waals surface area (Å²) in [6, 6.07) is 6.05. The third kappa shape index (κ3) is 3.03. The SMILES string of the molecule is C=Cc1ccc(OC(C)C)c(I)c1. The van der Waals surface area contributed by atoms with Crippen LogP contribution in [0.3, 0.4) is 0 Å². The minimum atomic E-state index is 0.225. The van der Waals surface area contributed by atoms with Crippen LogP contribution >= 0.6 is 22.6 Å². The zero-order chi connectivity index (χ0) is 9.84. The van der Waals surface area contributed by atoms with Crippen LogP contribution in [-0.2, 0) is 0 Å². The van der Waals surface area contributed by atoms with E-state index in [9.17, 15) is 0 Å². The van der Waals surface area contributed by atoms with E-state index in [1.54, 1.807) is 0 Å². The fraction of sp³-hybridized carbons (Fsp3) is 0.273. The third-order valence-electron chi connectivity index (χ3n) is 1.55. The van der Waals surface area contributed by atoms with Crippen LogP contribution in [0.15, 0.2) is 24.8 Å². The number of hydrogen-bond donors (Lipinski definition) is 0. The predicted molar refractivity (Wildman–Crippen MR) is 65.0 cm³/mol. The Labute approximate surface area is 92.9 Å². The molecule has 0 aromatic heterocycles. The molecule has 1 aromatic rings. The van der Waals surface area contributed by atoms with E-state index in [-0.39, 0.29) is 6.10 Å². The van der Waals surface area contributed by atoms with Gasteiger partial charge in [-0.2, -0.15) is 0 Å². The van der Waals surface area contributed by atoms with Crippen molar-refractivity contribution in [3.63, 3.8) is 0 Å². The molecule has 0 heterocycles. The van der Waals surface area contributed by atoms with E-state index in [0.29, 0.717) is 0 Å². The monoisotopic (exact) mass is 288 g/mol. The van der Waals surface area contributed by atoms with Gasteiger partial charge in [-0.25, -0.2) is 0 Å². The number of hydrogen-bond acceptors (Lipinski definition) is 1. The lowest BCUT2D eigenvalue weighted by Gasteiger charge is -2.11. The summed E-state index contributed by atoms with van der Waals surface area (Å²) >= 11 is 2.27. The van der Waals surface area contributed by atoms with Crippen molar-refractivity contribution in [2.24, 2.45) is 0 Å². The van der Waals surface area contributed by atoms with Crippen molar-refractivity contribution in [3.8, 4) is 5.75 Å². The van der Waals surface area contributed by atoms with Crippen LogP contribution in [0.2, 0.25) is 0 Å².